The average Bonchev–Trinajstić information content (AvgIpc) is 2.44. The summed E-state index contributed by atoms with van der Waals surface area (Å²) in [5.74, 6) is -0.236. The predicted octanol–water partition coefficient (Wildman–Crippen LogP) is 2.48. The fourth-order valence-electron chi connectivity index (χ4n) is 1.75. The van der Waals surface area contributed by atoms with E-state index >= 15 is 0 Å². The molecule has 0 aliphatic rings. The van der Waals surface area contributed by atoms with Crippen LogP contribution in [0.4, 0.5) is 13.2 Å². The molecule has 120 valence electrons. The zero-order valence-electron chi connectivity index (χ0n) is 11.3. The number of halogens is 3. The number of rotatable bonds is 4. The molecule has 6 nitrogen and oxygen atoms in total. The fraction of sp³-hybridized carbons (Fsp3) is 0.250. The van der Waals surface area contributed by atoms with Gasteiger partial charge in [0.05, 0.1) is 19.6 Å². The Morgan fingerprint density at radius 1 is 1.00 bits per heavy atom. The van der Waals surface area contributed by atoms with Crippen LogP contribution in [0.3, 0.4) is 0 Å². The lowest BCUT2D eigenvalue weighted by atomic mass is 10.1. The number of pyridine rings is 1. The normalized spacial score (nSPS) is 12.2. The zero-order valence-corrected chi connectivity index (χ0v) is 12.2. The van der Waals surface area contributed by atoms with Crippen molar-refractivity contribution in [2.24, 2.45) is 0 Å². The summed E-state index contributed by atoms with van der Waals surface area (Å²) in [6, 6.07) is 3.87. The molecule has 10 heteroatoms. The van der Waals surface area contributed by atoms with Crippen LogP contribution in [-0.4, -0.2) is 33.1 Å². The Labute approximate surface area is 123 Å². The van der Waals surface area contributed by atoms with Gasteiger partial charge in [-0.25, -0.2) is 0 Å². The third-order valence-corrected chi connectivity index (χ3v) is 3.67. The van der Waals surface area contributed by atoms with Crippen molar-refractivity contribution in [3.05, 3.63) is 24.4 Å². The van der Waals surface area contributed by atoms with Crippen LogP contribution >= 0.6 is 0 Å². The molecule has 0 aliphatic heterocycles. The number of aromatic nitrogens is 1. The van der Waals surface area contributed by atoms with Crippen molar-refractivity contribution in [3.8, 4) is 17.2 Å². The van der Waals surface area contributed by atoms with Crippen LogP contribution in [0, 0.1) is 0 Å². The van der Waals surface area contributed by atoms with E-state index in [1.807, 2.05) is 0 Å². The topological polar surface area (TPSA) is 74.7 Å². The summed E-state index contributed by atoms with van der Waals surface area (Å²) in [6.45, 7) is 0. The number of hydrogen-bond donors (Lipinski definition) is 0. The molecule has 0 aliphatic carbocycles. The van der Waals surface area contributed by atoms with Crippen molar-refractivity contribution in [3.63, 3.8) is 0 Å². The number of alkyl halides is 3. The summed E-state index contributed by atoms with van der Waals surface area (Å²) >= 11 is 0. The second kappa shape index (κ2) is 5.52. The first-order valence-electron chi connectivity index (χ1n) is 5.71. The van der Waals surface area contributed by atoms with E-state index in [0.29, 0.717) is 0 Å². The molecule has 0 radical (unpaired) electrons. The van der Waals surface area contributed by atoms with Gasteiger partial charge in [-0.1, -0.05) is 0 Å². The van der Waals surface area contributed by atoms with Crippen LogP contribution < -0.4 is 13.7 Å². The van der Waals surface area contributed by atoms with Gasteiger partial charge in [-0.2, -0.15) is 21.6 Å². The Balaban J connectivity index is 2.70. The Kier molecular flexibility index (Phi) is 4.05. The van der Waals surface area contributed by atoms with Gasteiger partial charge < -0.3 is 13.7 Å². The molecular weight excluding hydrogens is 327 g/mol. The van der Waals surface area contributed by atoms with Crippen molar-refractivity contribution in [1.29, 1.82) is 0 Å². The van der Waals surface area contributed by atoms with E-state index < -0.39 is 21.4 Å². The first-order valence-corrected chi connectivity index (χ1v) is 7.12. The molecule has 1 aromatic heterocycles. The number of ether oxygens (including phenoxy) is 2. The first-order chi connectivity index (χ1) is 10.2. The van der Waals surface area contributed by atoms with Gasteiger partial charge in [-0.3, -0.25) is 4.98 Å². The van der Waals surface area contributed by atoms with E-state index in [2.05, 4.69) is 9.17 Å². The smallest absolute Gasteiger partial charge is 0.496 e. The molecule has 0 saturated heterocycles. The maximum absolute atomic E-state index is 12.5. The molecule has 22 heavy (non-hydrogen) atoms. The molecule has 0 bridgehead atoms. The maximum Gasteiger partial charge on any atom is 0.534 e. The van der Waals surface area contributed by atoms with Crippen LogP contribution in [0.1, 0.15) is 0 Å². The summed E-state index contributed by atoms with van der Waals surface area (Å²) < 4.78 is 74.0. The molecule has 0 amide bonds. The monoisotopic (exact) mass is 337 g/mol. The van der Waals surface area contributed by atoms with Gasteiger partial charge in [0.2, 0.25) is 0 Å². The van der Waals surface area contributed by atoms with Crippen molar-refractivity contribution in [1.82, 2.24) is 4.98 Å². The van der Waals surface area contributed by atoms with E-state index in [9.17, 15) is 21.6 Å². The van der Waals surface area contributed by atoms with Crippen molar-refractivity contribution in [2.75, 3.05) is 14.2 Å². The van der Waals surface area contributed by atoms with Crippen LogP contribution in [0.25, 0.3) is 10.9 Å². The highest BCUT2D eigenvalue weighted by Crippen LogP contribution is 2.39. The van der Waals surface area contributed by atoms with Crippen LogP contribution in [0.2, 0.25) is 0 Å². The van der Waals surface area contributed by atoms with Gasteiger partial charge in [-0.05, 0) is 12.1 Å². The Morgan fingerprint density at radius 2 is 1.59 bits per heavy atom. The van der Waals surface area contributed by atoms with E-state index in [1.165, 1.54) is 26.4 Å². The largest absolute Gasteiger partial charge is 0.534 e. The number of benzene rings is 1. The molecular formula is C12H10F3NO5S. The SMILES string of the molecule is COc1ccc(OC)c2c(OS(=O)(=O)C(F)(F)F)ccnc12. The quantitative estimate of drug-likeness (QED) is 0.630. The number of fused-ring (bicyclic) bond motifs is 1. The average molecular weight is 337 g/mol. The third-order valence-electron chi connectivity index (χ3n) is 2.70. The van der Waals surface area contributed by atoms with E-state index in [1.54, 1.807) is 0 Å². The van der Waals surface area contributed by atoms with Gasteiger partial charge in [0.15, 0.2) is 5.75 Å². The fourth-order valence-corrected chi connectivity index (χ4v) is 2.22. The standard InChI is InChI=1S/C12H10F3NO5S/c1-19-7-3-4-9(20-2)11-10(7)8(5-6-16-11)21-22(17,18)12(13,14)15/h3-6H,1-2H3. The summed E-state index contributed by atoms with van der Waals surface area (Å²) in [6.07, 6.45) is 1.10. The first kappa shape index (κ1) is 16.1. The minimum atomic E-state index is -5.81. The molecule has 0 spiro atoms. The predicted molar refractivity (Wildman–Crippen MR) is 70.4 cm³/mol. The van der Waals surface area contributed by atoms with E-state index in [-0.39, 0.29) is 22.4 Å². The van der Waals surface area contributed by atoms with Crippen LogP contribution in [0.5, 0.6) is 17.2 Å². The van der Waals surface area contributed by atoms with Gasteiger partial charge in [-0.15, -0.1) is 0 Å². The third kappa shape index (κ3) is 2.73. The van der Waals surface area contributed by atoms with Crippen molar-refractivity contribution >= 4 is 21.0 Å². The summed E-state index contributed by atoms with van der Waals surface area (Å²) in [5.41, 5.74) is -5.44. The lowest BCUT2D eigenvalue weighted by Crippen LogP contribution is -2.28. The number of methoxy groups -OCH3 is 2. The molecule has 1 aromatic carbocycles. The number of nitrogens with zero attached hydrogens (tertiary/aromatic N) is 1. The molecule has 0 fully saturated rings. The number of hydrogen-bond acceptors (Lipinski definition) is 6. The van der Waals surface area contributed by atoms with Crippen molar-refractivity contribution < 1.29 is 35.2 Å². The highest BCUT2D eigenvalue weighted by atomic mass is 32.2. The maximum atomic E-state index is 12.5. The second-order valence-electron chi connectivity index (χ2n) is 3.99. The lowest BCUT2D eigenvalue weighted by Gasteiger charge is -2.14. The minimum Gasteiger partial charge on any atom is -0.496 e. The van der Waals surface area contributed by atoms with Crippen molar-refractivity contribution in [2.45, 2.75) is 5.51 Å². The Hall–Kier alpha value is -2.23. The highest BCUT2D eigenvalue weighted by Gasteiger charge is 2.48. The van der Waals surface area contributed by atoms with Crippen LogP contribution in [0.15, 0.2) is 24.4 Å². The molecule has 0 saturated carbocycles. The molecule has 0 unspecified atom stereocenters. The van der Waals surface area contributed by atoms with Crippen LogP contribution in [-0.2, 0) is 10.1 Å². The Morgan fingerprint density at radius 3 is 2.14 bits per heavy atom. The molecule has 0 N–H and O–H groups in total. The molecule has 2 aromatic rings. The lowest BCUT2D eigenvalue weighted by molar-refractivity contribution is -0.0499. The zero-order chi connectivity index (χ0) is 16.5. The summed E-state index contributed by atoms with van der Waals surface area (Å²) in [5, 5.41) is -0.0443. The second-order valence-corrected chi connectivity index (χ2v) is 5.52. The Bertz CT molecular complexity index is 804. The van der Waals surface area contributed by atoms with Gasteiger partial charge in [0, 0.05) is 12.3 Å². The molecule has 0 atom stereocenters. The van der Waals surface area contributed by atoms with Gasteiger partial charge in [0.1, 0.15) is 17.0 Å². The van der Waals surface area contributed by atoms with Gasteiger partial charge in [0.25, 0.3) is 0 Å². The summed E-state index contributed by atoms with van der Waals surface area (Å²) in [4.78, 5) is 3.95. The van der Waals surface area contributed by atoms with E-state index in [4.69, 9.17) is 9.47 Å². The highest BCUT2D eigenvalue weighted by molar-refractivity contribution is 7.88. The van der Waals surface area contributed by atoms with E-state index in [0.717, 1.165) is 12.3 Å². The van der Waals surface area contributed by atoms with Gasteiger partial charge >= 0.3 is 15.6 Å². The molecule has 1 heterocycles. The molecule has 2 rings (SSSR count). The minimum absolute atomic E-state index is 0.0443. The summed E-state index contributed by atoms with van der Waals surface area (Å²) in [7, 11) is -3.20.